The van der Waals surface area contributed by atoms with Crippen molar-refractivity contribution in [2.24, 2.45) is 5.41 Å². The van der Waals surface area contributed by atoms with Crippen molar-refractivity contribution in [2.45, 2.75) is 40.5 Å². The van der Waals surface area contributed by atoms with Crippen molar-refractivity contribution < 1.29 is 14.4 Å². The zero-order valence-corrected chi connectivity index (χ0v) is 9.63. The van der Waals surface area contributed by atoms with Gasteiger partial charge in [-0.25, -0.2) is 4.79 Å². The molecule has 4 heteroatoms. The molecule has 4 nitrogen and oxygen atoms in total. The predicted octanol–water partition coefficient (Wildman–Crippen LogP) is 2.52. The molecule has 1 N–H and O–H groups in total. The van der Waals surface area contributed by atoms with Gasteiger partial charge in [0.15, 0.2) is 5.76 Å². The molecule has 0 atom stereocenters. The van der Waals surface area contributed by atoms with Crippen LogP contribution in [0.2, 0.25) is 0 Å². The van der Waals surface area contributed by atoms with Gasteiger partial charge in [-0.1, -0.05) is 32.9 Å². The molecule has 0 amide bonds. The van der Waals surface area contributed by atoms with Gasteiger partial charge < -0.3 is 9.63 Å². The molecule has 0 aliphatic rings. The molecule has 0 saturated carbocycles. The molecule has 0 aliphatic heterocycles. The van der Waals surface area contributed by atoms with Crippen molar-refractivity contribution in [2.75, 3.05) is 0 Å². The van der Waals surface area contributed by atoms with Crippen LogP contribution >= 0.6 is 0 Å². The van der Waals surface area contributed by atoms with Crippen LogP contribution in [0.5, 0.6) is 0 Å². The van der Waals surface area contributed by atoms with Crippen LogP contribution in [-0.2, 0) is 12.8 Å². The molecule has 15 heavy (non-hydrogen) atoms. The second-order valence-electron chi connectivity index (χ2n) is 4.82. The van der Waals surface area contributed by atoms with Gasteiger partial charge in [-0.15, -0.1) is 0 Å². The second-order valence-corrected chi connectivity index (χ2v) is 4.82. The number of carboxylic acids is 1. The average molecular weight is 211 g/mol. The third-order valence-electron chi connectivity index (χ3n) is 2.07. The topological polar surface area (TPSA) is 63.3 Å². The Morgan fingerprint density at radius 2 is 2.07 bits per heavy atom. The fourth-order valence-corrected chi connectivity index (χ4v) is 1.47. The lowest BCUT2D eigenvalue weighted by Crippen LogP contribution is -2.13. The summed E-state index contributed by atoms with van der Waals surface area (Å²) in [5.74, 6) is -0.492. The van der Waals surface area contributed by atoms with Crippen molar-refractivity contribution in [3.8, 4) is 0 Å². The van der Waals surface area contributed by atoms with Crippen molar-refractivity contribution in [1.82, 2.24) is 5.16 Å². The first-order valence-corrected chi connectivity index (χ1v) is 5.06. The molecule has 0 radical (unpaired) electrons. The Labute approximate surface area is 89.3 Å². The number of carboxylic acid groups (broad SMARTS) is 1. The molecule has 0 bridgehead atoms. The number of nitrogens with zero attached hydrogens (tertiary/aromatic N) is 1. The number of carbonyl (C=O) groups is 1. The largest absolute Gasteiger partial charge is 0.477 e. The maximum Gasteiger partial charge on any atom is 0.341 e. The maximum absolute atomic E-state index is 11.0. The first-order chi connectivity index (χ1) is 6.85. The molecule has 84 valence electrons. The van der Waals surface area contributed by atoms with E-state index in [0.717, 1.165) is 0 Å². The number of hydrogen-bond donors (Lipinski definition) is 1. The fraction of sp³-hybridized carbons (Fsp3) is 0.636. The van der Waals surface area contributed by atoms with E-state index in [1.54, 1.807) is 0 Å². The van der Waals surface area contributed by atoms with Gasteiger partial charge in [0.1, 0.15) is 5.56 Å². The zero-order valence-electron chi connectivity index (χ0n) is 9.63. The molecule has 1 heterocycles. The SMILES string of the molecule is CCc1onc(CC(C)(C)C)c1C(=O)O. The van der Waals surface area contributed by atoms with E-state index in [-0.39, 0.29) is 11.0 Å². The van der Waals surface area contributed by atoms with Crippen LogP contribution in [-0.4, -0.2) is 16.2 Å². The Hall–Kier alpha value is -1.32. The van der Waals surface area contributed by atoms with E-state index in [4.69, 9.17) is 9.63 Å². The lowest BCUT2D eigenvalue weighted by Gasteiger charge is -2.15. The van der Waals surface area contributed by atoms with Crippen LogP contribution in [0, 0.1) is 5.41 Å². The highest BCUT2D eigenvalue weighted by atomic mass is 16.5. The van der Waals surface area contributed by atoms with Crippen molar-refractivity contribution in [3.05, 3.63) is 17.0 Å². The van der Waals surface area contributed by atoms with Gasteiger partial charge in [0.25, 0.3) is 0 Å². The van der Waals surface area contributed by atoms with Crippen molar-refractivity contribution in [1.29, 1.82) is 0 Å². The summed E-state index contributed by atoms with van der Waals surface area (Å²) in [7, 11) is 0. The van der Waals surface area contributed by atoms with Gasteiger partial charge in [0.2, 0.25) is 0 Å². The molecule has 1 rings (SSSR count). The van der Waals surface area contributed by atoms with E-state index in [1.165, 1.54) is 0 Å². The van der Waals surface area contributed by atoms with Crippen LogP contribution in [0.1, 0.15) is 49.5 Å². The number of rotatable bonds is 3. The summed E-state index contributed by atoms with van der Waals surface area (Å²) >= 11 is 0. The second kappa shape index (κ2) is 4.04. The van der Waals surface area contributed by atoms with Gasteiger partial charge >= 0.3 is 5.97 Å². The Kier molecular flexibility index (Phi) is 3.17. The van der Waals surface area contributed by atoms with E-state index in [2.05, 4.69) is 5.16 Å². The Bertz CT molecular complexity index is 360. The van der Waals surface area contributed by atoms with Crippen LogP contribution < -0.4 is 0 Å². The summed E-state index contributed by atoms with van der Waals surface area (Å²) < 4.78 is 5.02. The van der Waals surface area contributed by atoms with Crippen molar-refractivity contribution in [3.63, 3.8) is 0 Å². The quantitative estimate of drug-likeness (QED) is 0.834. The molecular weight excluding hydrogens is 194 g/mol. The molecule has 1 aromatic heterocycles. The third-order valence-corrected chi connectivity index (χ3v) is 2.07. The normalized spacial score (nSPS) is 11.7. The number of hydrogen-bond acceptors (Lipinski definition) is 3. The zero-order chi connectivity index (χ0) is 11.6. The summed E-state index contributed by atoms with van der Waals surface area (Å²) in [6.07, 6.45) is 1.16. The minimum absolute atomic E-state index is 0.00604. The molecule has 1 aromatic rings. The average Bonchev–Trinajstić information content (AvgIpc) is 2.44. The first kappa shape index (κ1) is 11.8. The highest BCUT2D eigenvalue weighted by Gasteiger charge is 2.24. The molecule has 0 fully saturated rings. The van der Waals surface area contributed by atoms with E-state index in [0.29, 0.717) is 24.3 Å². The number of aromatic nitrogens is 1. The van der Waals surface area contributed by atoms with Crippen molar-refractivity contribution >= 4 is 5.97 Å². The van der Waals surface area contributed by atoms with E-state index >= 15 is 0 Å². The molecule has 0 aliphatic carbocycles. The monoisotopic (exact) mass is 211 g/mol. The summed E-state index contributed by atoms with van der Waals surface area (Å²) in [5.41, 5.74) is 0.797. The molecule has 0 unspecified atom stereocenters. The summed E-state index contributed by atoms with van der Waals surface area (Å²) in [6, 6.07) is 0. The Morgan fingerprint density at radius 3 is 2.47 bits per heavy atom. The standard InChI is InChI=1S/C11H17NO3/c1-5-8-9(10(13)14)7(12-15-8)6-11(2,3)4/h5-6H2,1-4H3,(H,13,14). The lowest BCUT2D eigenvalue weighted by atomic mass is 9.89. The third kappa shape index (κ3) is 2.81. The predicted molar refractivity (Wildman–Crippen MR) is 56.0 cm³/mol. The highest BCUT2D eigenvalue weighted by molar-refractivity contribution is 5.90. The molecule has 0 saturated heterocycles. The Morgan fingerprint density at radius 1 is 1.47 bits per heavy atom. The molecular formula is C11H17NO3. The van der Waals surface area contributed by atoms with Gasteiger partial charge in [-0.05, 0) is 11.8 Å². The van der Waals surface area contributed by atoms with Gasteiger partial charge in [0.05, 0.1) is 5.69 Å². The van der Waals surface area contributed by atoms with E-state index in [1.807, 2.05) is 27.7 Å². The maximum atomic E-state index is 11.0. The minimum atomic E-state index is -0.952. The first-order valence-electron chi connectivity index (χ1n) is 5.06. The summed E-state index contributed by atoms with van der Waals surface area (Å²) in [5, 5.41) is 12.9. The number of aryl methyl sites for hydroxylation is 1. The van der Waals surface area contributed by atoms with Crippen LogP contribution in [0.4, 0.5) is 0 Å². The van der Waals surface area contributed by atoms with E-state index < -0.39 is 5.97 Å². The number of aromatic carboxylic acids is 1. The minimum Gasteiger partial charge on any atom is -0.477 e. The smallest absolute Gasteiger partial charge is 0.341 e. The van der Waals surface area contributed by atoms with Crippen LogP contribution in [0.3, 0.4) is 0 Å². The van der Waals surface area contributed by atoms with Crippen LogP contribution in [0.25, 0.3) is 0 Å². The highest BCUT2D eigenvalue weighted by Crippen LogP contribution is 2.24. The summed E-state index contributed by atoms with van der Waals surface area (Å²) in [4.78, 5) is 11.0. The van der Waals surface area contributed by atoms with E-state index in [9.17, 15) is 4.79 Å². The summed E-state index contributed by atoms with van der Waals surface area (Å²) in [6.45, 7) is 7.98. The Balaban J connectivity index is 3.08. The lowest BCUT2D eigenvalue weighted by molar-refractivity contribution is 0.0693. The van der Waals surface area contributed by atoms with Gasteiger partial charge in [0, 0.05) is 6.42 Å². The fourth-order valence-electron chi connectivity index (χ4n) is 1.47. The molecule has 0 aromatic carbocycles. The van der Waals surface area contributed by atoms with Gasteiger partial charge in [-0.3, -0.25) is 0 Å². The van der Waals surface area contributed by atoms with Crippen LogP contribution in [0.15, 0.2) is 4.52 Å². The molecule has 0 spiro atoms. The van der Waals surface area contributed by atoms with Gasteiger partial charge in [-0.2, -0.15) is 0 Å².